The second kappa shape index (κ2) is 7.71. The van der Waals surface area contributed by atoms with Gasteiger partial charge < -0.3 is 15.5 Å². The van der Waals surface area contributed by atoms with Gasteiger partial charge in [-0.3, -0.25) is 9.78 Å². The van der Waals surface area contributed by atoms with Crippen molar-refractivity contribution in [1.82, 2.24) is 15.2 Å². The largest absolute Gasteiger partial charge is 0.323 e. The highest BCUT2D eigenvalue weighted by Gasteiger charge is 2.05. The summed E-state index contributed by atoms with van der Waals surface area (Å²) in [6.07, 6.45) is 2.76. The highest BCUT2D eigenvalue weighted by atomic mass is 16.1. The van der Waals surface area contributed by atoms with Crippen LogP contribution in [0, 0.1) is 0 Å². The molecule has 1 aromatic carbocycles. The summed E-state index contributed by atoms with van der Waals surface area (Å²) < 4.78 is 0. The van der Waals surface area contributed by atoms with E-state index in [9.17, 15) is 4.79 Å². The minimum atomic E-state index is -0.0435. The third-order valence-electron chi connectivity index (χ3n) is 3.15. The number of nitrogens with one attached hydrogen (secondary N) is 2. The quantitative estimate of drug-likeness (QED) is 0.761. The van der Waals surface area contributed by atoms with Gasteiger partial charge >= 0.3 is 0 Å². The first kappa shape index (κ1) is 15.4. The van der Waals surface area contributed by atoms with Gasteiger partial charge in [-0.1, -0.05) is 18.2 Å². The van der Waals surface area contributed by atoms with Crippen LogP contribution in [-0.2, 0) is 4.79 Å². The highest BCUT2D eigenvalue weighted by molar-refractivity contribution is 6.00. The maximum Gasteiger partial charge on any atom is 0.238 e. The molecule has 0 saturated carbocycles. The molecule has 2 rings (SSSR count). The first-order valence-corrected chi connectivity index (χ1v) is 7.16. The highest BCUT2D eigenvalue weighted by Crippen LogP contribution is 2.20. The third kappa shape index (κ3) is 4.81. The second-order valence-electron chi connectivity index (χ2n) is 5.26. The minimum absolute atomic E-state index is 0.0435. The van der Waals surface area contributed by atoms with Crippen molar-refractivity contribution in [2.45, 2.75) is 6.42 Å². The van der Waals surface area contributed by atoms with Crippen molar-refractivity contribution in [1.29, 1.82) is 0 Å². The van der Waals surface area contributed by atoms with Crippen molar-refractivity contribution in [3.05, 3.63) is 36.5 Å². The van der Waals surface area contributed by atoms with Gasteiger partial charge in [0.05, 0.1) is 17.7 Å². The molecule has 0 saturated heterocycles. The molecule has 0 radical (unpaired) electrons. The summed E-state index contributed by atoms with van der Waals surface area (Å²) in [5.41, 5.74) is 1.58. The molecule has 1 aromatic heterocycles. The monoisotopic (exact) mass is 286 g/mol. The number of carbonyl (C=O) groups is 1. The van der Waals surface area contributed by atoms with Crippen molar-refractivity contribution >= 4 is 22.5 Å². The average molecular weight is 286 g/mol. The van der Waals surface area contributed by atoms with E-state index in [2.05, 4.69) is 20.5 Å². The van der Waals surface area contributed by atoms with Crippen LogP contribution in [0.2, 0.25) is 0 Å². The van der Waals surface area contributed by atoms with E-state index >= 15 is 0 Å². The van der Waals surface area contributed by atoms with Crippen molar-refractivity contribution in [3.63, 3.8) is 0 Å². The van der Waals surface area contributed by atoms with E-state index in [0.29, 0.717) is 6.54 Å². The lowest BCUT2D eigenvalue weighted by Gasteiger charge is -2.10. The van der Waals surface area contributed by atoms with Gasteiger partial charge in [0.1, 0.15) is 0 Å². The van der Waals surface area contributed by atoms with Crippen LogP contribution in [0.5, 0.6) is 0 Å². The Bertz CT molecular complexity index is 592. The van der Waals surface area contributed by atoms with E-state index in [1.807, 2.05) is 44.4 Å². The summed E-state index contributed by atoms with van der Waals surface area (Å²) in [6, 6.07) is 9.65. The molecule has 0 aliphatic carbocycles. The lowest BCUT2D eigenvalue weighted by molar-refractivity contribution is -0.115. The summed E-state index contributed by atoms with van der Waals surface area (Å²) in [5.74, 6) is -0.0435. The van der Waals surface area contributed by atoms with Gasteiger partial charge in [-0.2, -0.15) is 0 Å². The summed E-state index contributed by atoms with van der Waals surface area (Å²) in [4.78, 5) is 18.4. The van der Waals surface area contributed by atoms with Crippen molar-refractivity contribution in [2.24, 2.45) is 0 Å². The van der Waals surface area contributed by atoms with Crippen LogP contribution in [0.3, 0.4) is 0 Å². The van der Waals surface area contributed by atoms with Crippen molar-refractivity contribution in [2.75, 3.05) is 39.0 Å². The Labute approximate surface area is 125 Å². The molecule has 2 N–H and O–H groups in total. The van der Waals surface area contributed by atoms with Crippen molar-refractivity contribution in [3.8, 4) is 0 Å². The smallest absolute Gasteiger partial charge is 0.238 e. The first-order valence-electron chi connectivity index (χ1n) is 7.16. The number of hydrogen-bond acceptors (Lipinski definition) is 4. The van der Waals surface area contributed by atoms with E-state index in [1.54, 1.807) is 6.20 Å². The number of para-hydroxylation sites is 1. The summed E-state index contributed by atoms with van der Waals surface area (Å²) in [6.45, 7) is 2.16. The molecule has 1 amide bonds. The predicted octanol–water partition coefficient (Wildman–Crippen LogP) is 1.71. The lowest BCUT2D eigenvalue weighted by atomic mass is 10.2. The number of carbonyl (C=O) groups excluding carboxylic acids is 1. The molecular formula is C16H22N4O. The normalized spacial score (nSPS) is 11.0. The first-order chi connectivity index (χ1) is 10.2. The van der Waals surface area contributed by atoms with Crippen LogP contribution in [0.25, 0.3) is 10.9 Å². The maximum absolute atomic E-state index is 11.9. The van der Waals surface area contributed by atoms with Crippen LogP contribution in [0.1, 0.15) is 6.42 Å². The maximum atomic E-state index is 11.9. The number of nitrogens with zero attached hydrogens (tertiary/aromatic N) is 2. The Hall–Kier alpha value is -1.98. The molecule has 1 heterocycles. The molecule has 5 nitrogen and oxygen atoms in total. The van der Waals surface area contributed by atoms with Crippen LogP contribution < -0.4 is 10.6 Å². The molecule has 0 bridgehead atoms. The molecule has 5 heteroatoms. The van der Waals surface area contributed by atoms with E-state index in [1.165, 1.54) is 0 Å². The zero-order valence-electron chi connectivity index (χ0n) is 12.6. The number of fused-ring (bicyclic) bond motifs is 1. The van der Waals surface area contributed by atoms with E-state index in [-0.39, 0.29) is 5.91 Å². The van der Waals surface area contributed by atoms with Gasteiger partial charge in [-0.15, -0.1) is 0 Å². The van der Waals surface area contributed by atoms with Gasteiger partial charge in [-0.05, 0) is 45.7 Å². The van der Waals surface area contributed by atoms with Gasteiger partial charge in [0, 0.05) is 11.6 Å². The standard InChI is InChI=1S/C16H22N4O/c1-20(2)11-5-9-17-12-15(21)19-14-8-3-6-13-7-4-10-18-16(13)14/h3-4,6-8,10,17H,5,9,11-12H2,1-2H3,(H,19,21). The topological polar surface area (TPSA) is 57.3 Å². The number of anilines is 1. The molecule has 0 atom stereocenters. The summed E-state index contributed by atoms with van der Waals surface area (Å²) in [7, 11) is 4.08. The number of benzene rings is 1. The molecule has 112 valence electrons. The Morgan fingerprint density at radius 1 is 1.24 bits per heavy atom. The fraction of sp³-hybridized carbons (Fsp3) is 0.375. The van der Waals surface area contributed by atoms with Crippen LogP contribution >= 0.6 is 0 Å². The van der Waals surface area contributed by atoms with Crippen LogP contribution in [-0.4, -0.2) is 49.5 Å². The van der Waals surface area contributed by atoms with E-state index in [0.717, 1.165) is 36.1 Å². The van der Waals surface area contributed by atoms with E-state index < -0.39 is 0 Å². The zero-order chi connectivity index (χ0) is 15.1. The Morgan fingerprint density at radius 2 is 2.05 bits per heavy atom. The summed E-state index contributed by atoms with van der Waals surface area (Å²) >= 11 is 0. The fourth-order valence-corrected chi connectivity index (χ4v) is 2.12. The Morgan fingerprint density at radius 3 is 2.86 bits per heavy atom. The number of pyridine rings is 1. The molecular weight excluding hydrogens is 264 g/mol. The fourth-order valence-electron chi connectivity index (χ4n) is 2.12. The number of rotatable bonds is 7. The number of amides is 1. The molecule has 0 fully saturated rings. The number of aromatic nitrogens is 1. The zero-order valence-corrected chi connectivity index (χ0v) is 12.6. The SMILES string of the molecule is CN(C)CCCNCC(=O)Nc1cccc2cccnc12. The molecule has 2 aromatic rings. The van der Waals surface area contributed by atoms with E-state index in [4.69, 9.17) is 0 Å². The third-order valence-corrected chi connectivity index (χ3v) is 3.15. The number of hydrogen-bond donors (Lipinski definition) is 2. The van der Waals surface area contributed by atoms with Crippen molar-refractivity contribution < 1.29 is 4.79 Å². The molecule has 0 aliphatic rings. The average Bonchev–Trinajstić information content (AvgIpc) is 2.47. The Balaban J connectivity index is 1.84. The molecule has 0 unspecified atom stereocenters. The van der Waals surface area contributed by atoms with Gasteiger partial charge in [0.15, 0.2) is 0 Å². The molecule has 0 aliphatic heterocycles. The molecule has 21 heavy (non-hydrogen) atoms. The second-order valence-corrected chi connectivity index (χ2v) is 5.26. The predicted molar refractivity (Wildman–Crippen MR) is 86.4 cm³/mol. The van der Waals surface area contributed by atoms with Gasteiger partial charge in [-0.25, -0.2) is 0 Å². The van der Waals surface area contributed by atoms with Gasteiger partial charge in [0.2, 0.25) is 5.91 Å². The van der Waals surface area contributed by atoms with Gasteiger partial charge in [0.25, 0.3) is 0 Å². The van der Waals surface area contributed by atoms with Crippen LogP contribution in [0.15, 0.2) is 36.5 Å². The summed E-state index contributed by atoms with van der Waals surface area (Å²) in [5, 5.41) is 7.08. The minimum Gasteiger partial charge on any atom is -0.323 e. The Kier molecular flexibility index (Phi) is 5.66. The van der Waals surface area contributed by atoms with Crippen LogP contribution in [0.4, 0.5) is 5.69 Å². The molecule has 0 spiro atoms. The lowest BCUT2D eigenvalue weighted by Crippen LogP contribution is -2.30.